The van der Waals surface area contributed by atoms with Gasteiger partial charge in [-0.2, -0.15) is 0 Å². The molecule has 0 saturated heterocycles. The van der Waals surface area contributed by atoms with Gasteiger partial charge in [-0.05, 0) is 31.4 Å². The van der Waals surface area contributed by atoms with E-state index >= 15 is 0 Å². The average Bonchev–Trinajstić information content (AvgIpc) is 3.12. The van der Waals surface area contributed by atoms with E-state index in [9.17, 15) is 17.2 Å². The van der Waals surface area contributed by atoms with Gasteiger partial charge in [0.25, 0.3) is 0 Å². The fourth-order valence-electron chi connectivity index (χ4n) is 2.16. The predicted octanol–water partition coefficient (Wildman–Crippen LogP) is 1.92. The highest BCUT2D eigenvalue weighted by Gasteiger charge is 2.28. The molecule has 2 N–H and O–H groups in total. The molecule has 112 valence electrons. The van der Waals surface area contributed by atoms with Gasteiger partial charge in [-0.25, -0.2) is 21.9 Å². The Morgan fingerprint density at radius 3 is 2.60 bits per heavy atom. The Bertz CT molecular complexity index is 600. The minimum Gasteiger partial charge on any atom is -0.391 e. The number of hydrogen-bond acceptors (Lipinski definition) is 3. The lowest BCUT2D eigenvalue weighted by atomic mass is 10.2. The second-order valence-electron chi connectivity index (χ2n) is 5.20. The lowest BCUT2D eigenvalue weighted by Gasteiger charge is -2.15. The van der Waals surface area contributed by atoms with E-state index in [1.807, 2.05) is 0 Å². The van der Waals surface area contributed by atoms with Crippen molar-refractivity contribution in [3.63, 3.8) is 0 Å². The monoisotopic (exact) mass is 305 g/mol. The first kappa shape index (κ1) is 15.3. The van der Waals surface area contributed by atoms with Gasteiger partial charge in [-0.3, -0.25) is 0 Å². The zero-order chi connectivity index (χ0) is 14.9. The Morgan fingerprint density at radius 1 is 1.40 bits per heavy atom. The third kappa shape index (κ3) is 3.34. The standard InChI is InChI=1S/C13H17F2NO3S/c1-8(6-9-2-3-9)16-20(18,19)12-5-4-11(14)10(7-17)13(12)15/h4-5,8-9,16-17H,2-3,6-7H2,1H3. The molecule has 4 nitrogen and oxygen atoms in total. The number of aliphatic hydroxyl groups is 1. The zero-order valence-electron chi connectivity index (χ0n) is 11.1. The van der Waals surface area contributed by atoms with E-state index in [1.165, 1.54) is 0 Å². The number of aliphatic hydroxyl groups excluding tert-OH is 1. The number of rotatable bonds is 6. The number of sulfonamides is 1. The normalized spacial score (nSPS) is 17.2. The second kappa shape index (κ2) is 5.75. The highest BCUT2D eigenvalue weighted by Crippen LogP contribution is 2.33. The molecule has 1 aromatic rings. The summed E-state index contributed by atoms with van der Waals surface area (Å²) in [6.07, 6.45) is 2.88. The number of halogens is 2. The maximum atomic E-state index is 13.9. The third-order valence-electron chi connectivity index (χ3n) is 3.34. The molecule has 1 fully saturated rings. The predicted molar refractivity (Wildman–Crippen MR) is 69.4 cm³/mol. The molecule has 1 aromatic carbocycles. The molecule has 1 atom stereocenters. The molecule has 20 heavy (non-hydrogen) atoms. The fourth-order valence-corrected chi connectivity index (χ4v) is 3.52. The minimum atomic E-state index is -4.06. The van der Waals surface area contributed by atoms with Crippen molar-refractivity contribution in [3.8, 4) is 0 Å². The Hall–Kier alpha value is -1.05. The number of hydrogen-bond donors (Lipinski definition) is 2. The summed E-state index contributed by atoms with van der Waals surface area (Å²) >= 11 is 0. The van der Waals surface area contributed by atoms with Crippen molar-refractivity contribution >= 4 is 10.0 Å². The van der Waals surface area contributed by atoms with Crippen LogP contribution in [0.4, 0.5) is 8.78 Å². The lowest BCUT2D eigenvalue weighted by molar-refractivity contribution is 0.267. The zero-order valence-corrected chi connectivity index (χ0v) is 11.9. The van der Waals surface area contributed by atoms with E-state index in [4.69, 9.17) is 5.11 Å². The van der Waals surface area contributed by atoms with Crippen molar-refractivity contribution < 1.29 is 22.3 Å². The van der Waals surface area contributed by atoms with Crippen molar-refractivity contribution in [1.82, 2.24) is 4.72 Å². The van der Waals surface area contributed by atoms with Crippen LogP contribution in [0.15, 0.2) is 17.0 Å². The third-order valence-corrected chi connectivity index (χ3v) is 4.95. The highest BCUT2D eigenvalue weighted by molar-refractivity contribution is 7.89. The van der Waals surface area contributed by atoms with Crippen molar-refractivity contribution in [2.45, 2.75) is 43.7 Å². The van der Waals surface area contributed by atoms with Gasteiger partial charge >= 0.3 is 0 Å². The van der Waals surface area contributed by atoms with Gasteiger partial charge in [-0.15, -0.1) is 0 Å². The Kier molecular flexibility index (Phi) is 4.41. The molecule has 0 aliphatic heterocycles. The van der Waals surface area contributed by atoms with Gasteiger partial charge in [0.15, 0.2) is 5.82 Å². The van der Waals surface area contributed by atoms with Crippen LogP contribution in [0.25, 0.3) is 0 Å². The molecular weight excluding hydrogens is 288 g/mol. The molecule has 1 aliphatic carbocycles. The summed E-state index contributed by atoms with van der Waals surface area (Å²) < 4.78 is 53.7. The Balaban J connectivity index is 2.24. The number of benzene rings is 1. The lowest BCUT2D eigenvalue weighted by Crippen LogP contribution is -2.33. The van der Waals surface area contributed by atoms with Crippen LogP contribution >= 0.6 is 0 Å². The summed E-state index contributed by atoms with van der Waals surface area (Å²) in [5, 5.41) is 8.90. The molecule has 0 aromatic heterocycles. The second-order valence-corrected chi connectivity index (χ2v) is 6.88. The smallest absolute Gasteiger partial charge is 0.243 e. The van der Waals surface area contributed by atoms with E-state index in [0.717, 1.165) is 25.0 Å². The van der Waals surface area contributed by atoms with Crippen molar-refractivity contribution in [3.05, 3.63) is 29.3 Å². The molecular formula is C13H17F2NO3S. The summed E-state index contributed by atoms with van der Waals surface area (Å²) in [5.74, 6) is -1.67. The van der Waals surface area contributed by atoms with E-state index in [0.29, 0.717) is 12.3 Å². The van der Waals surface area contributed by atoms with Gasteiger partial charge in [0, 0.05) is 6.04 Å². The summed E-state index contributed by atoms with van der Waals surface area (Å²) in [6, 6.07) is 1.40. The minimum absolute atomic E-state index is 0.311. The molecule has 7 heteroatoms. The van der Waals surface area contributed by atoms with Crippen LogP contribution in [-0.2, 0) is 16.6 Å². The van der Waals surface area contributed by atoms with Crippen LogP contribution < -0.4 is 4.72 Å². The molecule has 0 radical (unpaired) electrons. The maximum absolute atomic E-state index is 13.9. The largest absolute Gasteiger partial charge is 0.391 e. The van der Waals surface area contributed by atoms with Gasteiger partial charge in [0.1, 0.15) is 10.7 Å². The van der Waals surface area contributed by atoms with E-state index in [-0.39, 0.29) is 6.04 Å². The average molecular weight is 305 g/mol. The van der Waals surface area contributed by atoms with Crippen LogP contribution in [0.5, 0.6) is 0 Å². The van der Waals surface area contributed by atoms with Gasteiger partial charge in [0.2, 0.25) is 10.0 Å². The number of nitrogens with one attached hydrogen (secondary N) is 1. The van der Waals surface area contributed by atoms with Crippen molar-refractivity contribution in [2.75, 3.05) is 0 Å². The fraction of sp³-hybridized carbons (Fsp3) is 0.538. The van der Waals surface area contributed by atoms with Gasteiger partial charge < -0.3 is 5.11 Å². The Morgan fingerprint density at radius 2 is 2.05 bits per heavy atom. The van der Waals surface area contributed by atoms with Crippen LogP contribution in [0.3, 0.4) is 0 Å². The summed E-state index contributed by atoms with van der Waals surface area (Å²) in [5.41, 5.74) is -0.636. The van der Waals surface area contributed by atoms with E-state index in [1.54, 1.807) is 6.92 Å². The topological polar surface area (TPSA) is 66.4 Å². The summed E-state index contributed by atoms with van der Waals surface area (Å²) in [4.78, 5) is -0.634. The first-order valence-corrected chi connectivity index (χ1v) is 7.93. The maximum Gasteiger partial charge on any atom is 0.243 e. The molecule has 1 unspecified atom stereocenters. The van der Waals surface area contributed by atoms with E-state index in [2.05, 4.69) is 4.72 Å². The molecule has 1 saturated carbocycles. The molecule has 1 aliphatic rings. The van der Waals surface area contributed by atoms with Crippen LogP contribution in [0.1, 0.15) is 31.7 Å². The molecule has 0 bridgehead atoms. The molecule has 0 spiro atoms. The first-order chi connectivity index (χ1) is 9.35. The summed E-state index contributed by atoms with van der Waals surface area (Å²) in [6.45, 7) is 0.822. The van der Waals surface area contributed by atoms with Gasteiger partial charge in [0.05, 0.1) is 12.2 Å². The van der Waals surface area contributed by atoms with E-state index < -0.39 is 38.7 Å². The SMILES string of the molecule is CC(CC1CC1)NS(=O)(=O)c1ccc(F)c(CO)c1F. The Labute approximate surface area is 116 Å². The van der Waals surface area contributed by atoms with Gasteiger partial charge in [-0.1, -0.05) is 12.8 Å². The van der Waals surface area contributed by atoms with Crippen LogP contribution in [0.2, 0.25) is 0 Å². The summed E-state index contributed by atoms with van der Waals surface area (Å²) in [7, 11) is -4.06. The molecule has 0 heterocycles. The van der Waals surface area contributed by atoms with Crippen molar-refractivity contribution in [2.24, 2.45) is 5.92 Å². The highest BCUT2D eigenvalue weighted by atomic mass is 32.2. The molecule has 0 amide bonds. The molecule has 2 rings (SSSR count). The van der Waals surface area contributed by atoms with Crippen LogP contribution in [0, 0.1) is 17.6 Å². The van der Waals surface area contributed by atoms with Crippen molar-refractivity contribution in [1.29, 1.82) is 0 Å². The quantitative estimate of drug-likeness (QED) is 0.844. The first-order valence-electron chi connectivity index (χ1n) is 6.45. The van der Waals surface area contributed by atoms with Crippen LogP contribution in [-0.4, -0.2) is 19.6 Å².